The number of imidazole rings is 1. The molecule has 2 aromatic heterocycles. The van der Waals surface area contributed by atoms with Crippen LogP contribution in [0.3, 0.4) is 0 Å². The van der Waals surface area contributed by atoms with Gasteiger partial charge in [0.05, 0.1) is 15.9 Å². The van der Waals surface area contributed by atoms with Crippen molar-refractivity contribution < 1.29 is 8.42 Å². The van der Waals surface area contributed by atoms with E-state index in [2.05, 4.69) is 9.97 Å². The lowest BCUT2D eigenvalue weighted by atomic mass is 10.3. The molecule has 0 unspecified atom stereocenters. The van der Waals surface area contributed by atoms with E-state index < -0.39 is 10.0 Å². The Morgan fingerprint density at radius 1 is 1.29 bits per heavy atom. The summed E-state index contributed by atoms with van der Waals surface area (Å²) in [6, 6.07) is 8.41. The van der Waals surface area contributed by atoms with Crippen LogP contribution in [-0.2, 0) is 22.3 Å². The monoisotopic (exact) mass is 382 g/mol. The summed E-state index contributed by atoms with van der Waals surface area (Å²) in [7, 11) is -3.74. The normalized spacial score (nSPS) is 12.0. The predicted molar refractivity (Wildman–Crippen MR) is 95.6 cm³/mol. The SMILES string of the molecule is CCn1c(SCc2ccc(Cl)nc2)nc2cc(S(N)(=O)=O)ccc21. The molecule has 3 aromatic rings. The van der Waals surface area contributed by atoms with E-state index in [0.717, 1.165) is 22.8 Å². The number of pyridine rings is 1. The molecule has 0 spiro atoms. The Hall–Kier alpha value is -1.61. The van der Waals surface area contributed by atoms with Crippen molar-refractivity contribution in [1.82, 2.24) is 14.5 Å². The van der Waals surface area contributed by atoms with Gasteiger partial charge in [-0.1, -0.05) is 29.4 Å². The fourth-order valence-electron chi connectivity index (χ4n) is 2.32. The molecule has 126 valence electrons. The van der Waals surface area contributed by atoms with Crippen molar-refractivity contribution in [3.05, 3.63) is 47.2 Å². The minimum atomic E-state index is -3.74. The van der Waals surface area contributed by atoms with Gasteiger partial charge in [-0.3, -0.25) is 0 Å². The lowest BCUT2D eigenvalue weighted by molar-refractivity contribution is 0.598. The highest BCUT2D eigenvalue weighted by Gasteiger charge is 2.14. The van der Waals surface area contributed by atoms with Gasteiger partial charge in [0, 0.05) is 18.5 Å². The van der Waals surface area contributed by atoms with Crippen LogP contribution in [0.15, 0.2) is 46.6 Å². The molecule has 0 bridgehead atoms. The van der Waals surface area contributed by atoms with Crippen LogP contribution < -0.4 is 5.14 Å². The average Bonchev–Trinajstić information content (AvgIpc) is 2.90. The van der Waals surface area contributed by atoms with Crippen molar-refractivity contribution >= 4 is 44.4 Å². The van der Waals surface area contributed by atoms with Gasteiger partial charge in [0.1, 0.15) is 5.15 Å². The number of hydrogen-bond donors (Lipinski definition) is 1. The van der Waals surface area contributed by atoms with E-state index in [0.29, 0.717) is 16.4 Å². The molecule has 0 fully saturated rings. The minimum absolute atomic E-state index is 0.0641. The zero-order valence-corrected chi connectivity index (χ0v) is 15.2. The molecule has 0 aliphatic heterocycles. The van der Waals surface area contributed by atoms with Crippen LogP contribution in [0.4, 0.5) is 0 Å². The zero-order valence-electron chi connectivity index (χ0n) is 12.8. The van der Waals surface area contributed by atoms with Gasteiger partial charge in [-0.25, -0.2) is 23.5 Å². The topological polar surface area (TPSA) is 90.9 Å². The number of aromatic nitrogens is 3. The summed E-state index contributed by atoms with van der Waals surface area (Å²) in [5.41, 5.74) is 2.52. The maximum Gasteiger partial charge on any atom is 0.238 e. The maximum absolute atomic E-state index is 11.5. The summed E-state index contributed by atoms with van der Waals surface area (Å²) in [5.74, 6) is 0.690. The molecule has 0 radical (unpaired) electrons. The van der Waals surface area contributed by atoms with Gasteiger partial charge in [-0.2, -0.15) is 0 Å². The first-order chi connectivity index (χ1) is 11.4. The Kier molecular flexibility index (Phi) is 4.82. The molecule has 6 nitrogen and oxygen atoms in total. The van der Waals surface area contributed by atoms with Gasteiger partial charge < -0.3 is 4.57 Å². The van der Waals surface area contributed by atoms with Gasteiger partial charge in [0.25, 0.3) is 0 Å². The Balaban J connectivity index is 1.93. The van der Waals surface area contributed by atoms with Crippen molar-refractivity contribution in [2.75, 3.05) is 0 Å². The Bertz CT molecular complexity index is 985. The third-order valence-electron chi connectivity index (χ3n) is 3.49. The Morgan fingerprint density at radius 3 is 2.71 bits per heavy atom. The smallest absolute Gasteiger partial charge is 0.238 e. The van der Waals surface area contributed by atoms with Crippen LogP contribution in [0.5, 0.6) is 0 Å². The first-order valence-electron chi connectivity index (χ1n) is 7.15. The van der Waals surface area contributed by atoms with E-state index in [1.54, 1.807) is 30.1 Å². The average molecular weight is 383 g/mol. The molecular weight excluding hydrogens is 368 g/mol. The fourth-order valence-corrected chi connectivity index (χ4v) is 3.98. The number of sulfonamides is 1. The summed E-state index contributed by atoms with van der Waals surface area (Å²) in [6.07, 6.45) is 1.73. The van der Waals surface area contributed by atoms with E-state index in [4.69, 9.17) is 16.7 Å². The zero-order chi connectivity index (χ0) is 17.3. The highest BCUT2D eigenvalue weighted by molar-refractivity contribution is 7.98. The van der Waals surface area contributed by atoms with Crippen molar-refractivity contribution in [3.63, 3.8) is 0 Å². The number of nitrogens with zero attached hydrogens (tertiary/aromatic N) is 3. The highest BCUT2D eigenvalue weighted by atomic mass is 35.5. The van der Waals surface area contributed by atoms with Gasteiger partial charge in [0.15, 0.2) is 5.16 Å². The molecule has 0 saturated heterocycles. The molecule has 9 heteroatoms. The van der Waals surface area contributed by atoms with E-state index in [1.165, 1.54) is 12.1 Å². The molecular formula is C15H15ClN4O2S2. The summed E-state index contributed by atoms with van der Waals surface area (Å²) >= 11 is 7.35. The maximum atomic E-state index is 11.5. The predicted octanol–water partition coefficient (Wildman–Crippen LogP) is 3.04. The van der Waals surface area contributed by atoms with E-state index >= 15 is 0 Å². The van der Waals surface area contributed by atoms with Crippen molar-refractivity contribution in [2.45, 2.75) is 29.3 Å². The quantitative estimate of drug-likeness (QED) is 0.541. The van der Waals surface area contributed by atoms with Crippen LogP contribution in [0.25, 0.3) is 11.0 Å². The van der Waals surface area contributed by atoms with Gasteiger partial charge in [-0.05, 0) is 36.8 Å². The molecule has 2 heterocycles. The molecule has 0 amide bonds. The van der Waals surface area contributed by atoms with Gasteiger partial charge in [-0.15, -0.1) is 0 Å². The van der Waals surface area contributed by atoms with Gasteiger partial charge in [0.2, 0.25) is 10.0 Å². The van der Waals surface area contributed by atoms with Gasteiger partial charge >= 0.3 is 0 Å². The van der Waals surface area contributed by atoms with Crippen LogP contribution in [0, 0.1) is 0 Å². The number of halogens is 1. The molecule has 0 saturated carbocycles. The van der Waals surface area contributed by atoms with E-state index in [1.807, 2.05) is 17.6 Å². The van der Waals surface area contributed by atoms with Crippen molar-refractivity contribution in [2.24, 2.45) is 5.14 Å². The number of rotatable bonds is 5. The number of benzene rings is 1. The highest BCUT2D eigenvalue weighted by Crippen LogP contribution is 2.28. The van der Waals surface area contributed by atoms with Crippen molar-refractivity contribution in [1.29, 1.82) is 0 Å². The number of primary sulfonamides is 1. The van der Waals surface area contributed by atoms with Crippen LogP contribution in [-0.4, -0.2) is 23.0 Å². The lowest BCUT2D eigenvalue weighted by Gasteiger charge is -2.05. The number of aryl methyl sites for hydroxylation is 1. The molecule has 2 N–H and O–H groups in total. The molecule has 0 aliphatic carbocycles. The first-order valence-corrected chi connectivity index (χ1v) is 10.1. The fraction of sp³-hybridized carbons (Fsp3) is 0.200. The number of thioether (sulfide) groups is 1. The molecule has 24 heavy (non-hydrogen) atoms. The summed E-state index contributed by atoms with van der Waals surface area (Å²) in [5, 5.41) is 6.46. The Labute approximate surface area is 149 Å². The standard InChI is InChI=1S/C15H15ClN4O2S2/c1-2-20-13-5-4-11(24(17,21)22)7-12(13)19-15(20)23-9-10-3-6-14(16)18-8-10/h3-8H,2,9H2,1H3,(H2,17,21,22). The summed E-state index contributed by atoms with van der Waals surface area (Å²) in [6.45, 7) is 2.75. The second-order valence-corrected chi connectivity index (χ2v) is 8.00. The summed E-state index contributed by atoms with van der Waals surface area (Å²) in [4.78, 5) is 8.67. The largest absolute Gasteiger partial charge is 0.319 e. The number of hydrogen-bond acceptors (Lipinski definition) is 5. The second-order valence-electron chi connectivity index (χ2n) is 5.11. The van der Waals surface area contributed by atoms with Crippen LogP contribution >= 0.6 is 23.4 Å². The van der Waals surface area contributed by atoms with Crippen molar-refractivity contribution in [3.8, 4) is 0 Å². The Morgan fingerprint density at radius 2 is 2.08 bits per heavy atom. The number of fused-ring (bicyclic) bond motifs is 1. The van der Waals surface area contributed by atoms with E-state index in [-0.39, 0.29) is 4.90 Å². The minimum Gasteiger partial charge on any atom is -0.319 e. The summed E-state index contributed by atoms with van der Waals surface area (Å²) < 4.78 is 25.0. The molecule has 0 aliphatic rings. The van der Waals surface area contributed by atoms with E-state index in [9.17, 15) is 8.42 Å². The molecule has 1 aromatic carbocycles. The lowest BCUT2D eigenvalue weighted by Crippen LogP contribution is -2.11. The third kappa shape index (κ3) is 3.56. The number of nitrogens with two attached hydrogens (primary N) is 1. The molecule has 0 atom stereocenters. The second kappa shape index (κ2) is 6.72. The van der Waals surface area contributed by atoms with Crippen LogP contribution in [0.1, 0.15) is 12.5 Å². The van der Waals surface area contributed by atoms with Crippen LogP contribution in [0.2, 0.25) is 5.15 Å². The first kappa shape index (κ1) is 17.2. The molecule has 3 rings (SSSR count). The third-order valence-corrected chi connectivity index (χ3v) is 5.67.